The molecule has 2 rings (SSSR count). The predicted molar refractivity (Wildman–Crippen MR) is 86.1 cm³/mol. The molecular weight excluding hydrogens is 338 g/mol. The van der Waals surface area contributed by atoms with Gasteiger partial charge in [0, 0.05) is 15.1 Å². The summed E-state index contributed by atoms with van der Waals surface area (Å²) < 4.78 is 0.794. The van der Waals surface area contributed by atoms with Crippen LogP contribution < -0.4 is 5.32 Å². The van der Waals surface area contributed by atoms with Gasteiger partial charge in [-0.25, -0.2) is 0 Å². The van der Waals surface area contributed by atoms with Crippen molar-refractivity contribution in [2.75, 3.05) is 0 Å². The van der Waals surface area contributed by atoms with Crippen molar-refractivity contribution in [2.45, 2.75) is 19.4 Å². The normalized spacial score (nSPS) is 11.9. The lowest BCUT2D eigenvalue weighted by Gasteiger charge is -2.17. The second kappa shape index (κ2) is 6.91. The Kier molecular flexibility index (Phi) is 5.21. The Labute approximate surface area is 132 Å². The van der Waals surface area contributed by atoms with Gasteiger partial charge in [-0.05, 0) is 30.2 Å². The summed E-state index contributed by atoms with van der Waals surface area (Å²) in [6.07, 6.45) is 0.831. The second-order valence-corrected chi connectivity index (χ2v) is 5.86. The van der Waals surface area contributed by atoms with Gasteiger partial charge >= 0.3 is 0 Å². The van der Waals surface area contributed by atoms with Crippen molar-refractivity contribution in [1.82, 2.24) is 5.32 Å². The van der Waals surface area contributed by atoms with Crippen molar-refractivity contribution in [3.63, 3.8) is 0 Å². The lowest BCUT2D eigenvalue weighted by molar-refractivity contribution is 0.0935. The number of carbonyl (C=O) groups is 1. The molecule has 1 unspecified atom stereocenters. The minimum absolute atomic E-state index is 0.00135. The molecule has 1 amide bonds. The Balaban J connectivity index is 2.17. The van der Waals surface area contributed by atoms with E-state index >= 15 is 0 Å². The topological polar surface area (TPSA) is 29.1 Å². The van der Waals surface area contributed by atoms with E-state index in [1.807, 2.05) is 37.3 Å². The Morgan fingerprint density at radius 1 is 1.25 bits per heavy atom. The summed E-state index contributed by atoms with van der Waals surface area (Å²) in [6, 6.07) is 15.1. The van der Waals surface area contributed by atoms with Crippen LogP contribution in [0.5, 0.6) is 0 Å². The highest BCUT2D eigenvalue weighted by Gasteiger charge is 2.14. The minimum atomic E-state index is -0.121. The second-order valence-electron chi connectivity index (χ2n) is 4.50. The van der Waals surface area contributed by atoms with E-state index in [4.69, 9.17) is 11.6 Å². The zero-order valence-corrected chi connectivity index (χ0v) is 13.4. The zero-order chi connectivity index (χ0) is 14.5. The fourth-order valence-electron chi connectivity index (χ4n) is 2.03. The maximum Gasteiger partial charge on any atom is 0.251 e. The van der Waals surface area contributed by atoms with E-state index in [0.29, 0.717) is 10.6 Å². The highest BCUT2D eigenvalue weighted by molar-refractivity contribution is 9.10. The van der Waals surface area contributed by atoms with Gasteiger partial charge in [-0.15, -0.1) is 0 Å². The molecule has 0 aliphatic rings. The van der Waals surface area contributed by atoms with Crippen LogP contribution in [0.4, 0.5) is 0 Å². The number of benzene rings is 2. The van der Waals surface area contributed by atoms with Gasteiger partial charge in [0.15, 0.2) is 0 Å². The molecule has 0 aliphatic carbocycles. The summed E-state index contributed by atoms with van der Waals surface area (Å²) in [7, 11) is 0. The molecule has 104 valence electrons. The number of hydrogen-bond donors (Lipinski definition) is 1. The van der Waals surface area contributed by atoms with E-state index in [0.717, 1.165) is 16.5 Å². The van der Waals surface area contributed by atoms with Crippen molar-refractivity contribution >= 4 is 33.4 Å². The Morgan fingerprint density at radius 2 is 1.95 bits per heavy atom. The average Bonchev–Trinajstić information content (AvgIpc) is 2.44. The number of carbonyl (C=O) groups excluding carboxylic acids is 1. The molecule has 2 aromatic rings. The quantitative estimate of drug-likeness (QED) is 0.825. The van der Waals surface area contributed by atoms with Crippen LogP contribution in [0.25, 0.3) is 0 Å². The molecule has 2 nitrogen and oxygen atoms in total. The van der Waals surface area contributed by atoms with Crippen LogP contribution >= 0.6 is 27.5 Å². The van der Waals surface area contributed by atoms with Gasteiger partial charge in [0.1, 0.15) is 0 Å². The van der Waals surface area contributed by atoms with Crippen LogP contribution in [0.2, 0.25) is 5.02 Å². The van der Waals surface area contributed by atoms with E-state index < -0.39 is 0 Å². The van der Waals surface area contributed by atoms with Gasteiger partial charge in [-0.2, -0.15) is 0 Å². The van der Waals surface area contributed by atoms with E-state index in [9.17, 15) is 4.79 Å². The fourth-order valence-corrected chi connectivity index (χ4v) is 2.89. The average molecular weight is 353 g/mol. The molecule has 0 radical (unpaired) electrons. The minimum Gasteiger partial charge on any atom is -0.345 e. The molecule has 0 heterocycles. The summed E-state index contributed by atoms with van der Waals surface area (Å²) in [5, 5.41) is 3.57. The zero-order valence-electron chi connectivity index (χ0n) is 11.1. The van der Waals surface area contributed by atoms with E-state index in [-0.39, 0.29) is 11.9 Å². The molecular formula is C16H15BrClNO. The molecule has 4 heteroatoms. The summed E-state index contributed by atoms with van der Waals surface area (Å²) in [5.41, 5.74) is 1.66. The number of nitrogens with one attached hydrogen (secondary N) is 1. The fraction of sp³-hybridized carbons (Fsp3) is 0.188. The summed E-state index contributed by atoms with van der Waals surface area (Å²) in [4.78, 5) is 12.3. The van der Waals surface area contributed by atoms with Gasteiger partial charge in [0.05, 0.1) is 6.04 Å². The van der Waals surface area contributed by atoms with Crippen LogP contribution in [-0.2, 0) is 0 Å². The Bertz CT molecular complexity index is 580. The molecule has 0 aromatic heterocycles. The molecule has 0 spiro atoms. The molecule has 0 saturated heterocycles. The third kappa shape index (κ3) is 3.84. The van der Waals surface area contributed by atoms with E-state index in [1.165, 1.54) is 0 Å². The monoisotopic (exact) mass is 351 g/mol. The lowest BCUT2D eigenvalue weighted by atomic mass is 10.0. The van der Waals surface area contributed by atoms with Crippen LogP contribution in [0, 0.1) is 0 Å². The standard InChI is InChI=1S/C16H15BrClNO/c1-2-15(11-6-4-3-5-7-11)19-16(20)12-8-13(17)10-14(18)9-12/h3-10,15H,2H2,1H3,(H,19,20). The lowest BCUT2D eigenvalue weighted by Crippen LogP contribution is -2.28. The highest BCUT2D eigenvalue weighted by atomic mass is 79.9. The molecule has 0 bridgehead atoms. The van der Waals surface area contributed by atoms with Crippen molar-refractivity contribution in [2.24, 2.45) is 0 Å². The summed E-state index contributed by atoms with van der Waals surface area (Å²) >= 11 is 9.32. The van der Waals surface area contributed by atoms with Gasteiger partial charge in [-0.1, -0.05) is 64.8 Å². The van der Waals surface area contributed by atoms with Crippen LogP contribution in [-0.4, -0.2) is 5.91 Å². The maximum absolute atomic E-state index is 12.3. The number of amides is 1. The first-order valence-corrected chi connectivity index (χ1v) is 7.59. The van der Waals surface area contributed by atoms with E-state index in [2.05, 4.69) is 21.2 Å². The van der Waals surface area contributed by atoms with Gasteiger partial charge in [0.25, 0.3) is 5.91 Å². The van der Waals surface area contributed by atoms with Gasteiger partial charge in [-0.3, -0.25) is 4.79 Å². The number of hydrogen-bond acceptors (Lipinski definition) is 1. The van der Waals surface area contributed by atoms with Gasteiger partial charge in [0.2, 0.25) is 0 Å². The highest BCUT2D eigenvalue weighted by Crippen LogP contribution is 2.21. The number of rotatable bonds is 4. The first-order valence-electron chi connectivity index (χ1n) is 6.42. The first-order chi connectivity index (χ1) is 9.60. The molecule has 1 atom stereocenters. The van der Waals surface area contributed by atoms with Crippen molar-refractivity contribution in [1.29, 1.82) is 0 Å². The largest absolute Gasteiger partial charge is 0.345 e. The molecule has 0 saturated carbocycles. The van der Waals surface area contributed by atoms with Gasteiger partial charge < -0.3 is 5.32 Å². The third-order valence-corrected chi connectivity index (χ3v) is 3.72. The molecule has 0 fully saturated rings. The molecule has 2 aromatic carbocycles. The smallest absolute Gasteiger partial charge is 0.251 e. The maximum atomic E-state index is 12.3. The predicted octanol–water partition coefficient (Wildman–Crippen LogP) is 4.98. The Morgan fingerprint density at radius 3 is 2.55 bits per heavy atom. The first kappa shape index (κ1) is 15.1. The van der Waals surface area contributed by atoms with Crippen molar-refractivity contribution in [3.05, 3.63) is 69.2 Å². The van der Waals surface area contributed by atoms with Crippen molar-refractivity contribution in [3.8, 4) is 0 Å². The Hall–Kier alpha value is -1.32. The summed E-state index contributed by atoms with van der Waals surface area (Å²) in [5.74, 6) is -0.121. The molecule has 1 N–H and O–H groups in total. The van der Waals surface area contributed by atoms with Crippen molar-refractivity contribution < 1.29 is 4.79 Å². The van der Waals surface area contributed by atoms with E-state index in [1.54, 1.807) is 18.2 Å². The third-order valence-electron chi connectivity index (χ3n) is 3.04. The summed E-state index contributed by atoms with van der Waals surface area (Å²) in [6.45, 7) is 2.05. The van der Waals surface area contributed by atoms with Crippen LogP contribution in [0.1, 0.15) is 35.3 Å². The van der Waals surface area contributed by atoms with Crippen LogP contribution in [0.3, 0.4) is 0 Å². The molecule has 20 heavy (non-hydrogen) atoms. The molecule has 0 aliphatic heterocycles. The van der Waals surface area contributed by atoms with Crippen LogP contribution in [0.15, 0.2) is 53.0 Å². The number of halogens is 2. The SMILES string of the molecule is CCC(NC(=O)c1cc(Cl)cc(Br)c1)c1ccccc1.